The number of sulfonamides is 1. The molecule has 0 saturated carbocycles. The van der Waals surface area contributed by atoms with E-state index in [1.54, 1.807) is 6.07 Å². The van der Waals surface area contributed by atoms with Crippen LogP contribution in [-0.2, 0) is 19.9 Å². The van der Waals surface area contributed by atoms with E-state index in [4.69, 9.17) is 9.47 Å². The number of nitrogens with one attached hydrogen (secondary N) is 1. The SMILES string of the molecule is COc1ccc(OC)c(S(=O)(=O)Nc2ccc(S(C)(=O)=O)cc2)c1. The summed E-state index contributed by atoms with van der Waals surface area (Å²) in [5.41, 5.74) is 0.229. The van der Waals surface area contributed by atoms with Gasteiger partial charge in [0.1, 0.15) is 16.4 Å². The Hall–Kier alpha value is -2.26. The standard InChI is InChI=1S/C15H17NO6S2/c1-21-12-6-9-14(22-2)15(10-12)24(19,20)16-11-4-7-13(8-5-11)23(3,17)18/h4-10,16H,1-3H3. The number of anilines is 1. The summed E-state index contributed by atoms with van der Waals surface area (Å²) in [7, 11) is -4.50. The topological polar surface area (TPSA) is 98.8 Å². The van der Waals surface area contributed by atoms with E-state index in [1.165, 1.54) is 50.6 Å². The molecule has 0 aliphatic carbocycles. The Bertz CT molecular complexity index is 934. The first-order chi connectivity index (χ1) is 11.2. The summed E-state index contributed by atoms with van der Waals surface area (Å²) in [6.07, 6.45) is 1.08. The summed E-state index contributed by atoms with van der Waals surface area (Å²) in [6.45, 7) is 0. The number of hydrogen-bond acceptors (Lipinski definition) is 6. The van der Waals surface area contributed by atoms with E-state index < -0.39 is 19.9 Å². The Balaban J connectivity index is 2.38. The predicted octanol–water partition coefficient (Wildman–Crippen LogP) is 1.91. The lowest BCUT2D eigenvalue weighted by Crippen LogP contribution is -2.14. The number of methoxy groups -OCH3 is 2. The third-order valence-corrected chi connectivity index (χ3v) is 5.73. The highest BCUT2D eigenvalue weighted by Crippen LogP contribution is 2.29. The van der Waals surface area contributed by atoms with Crippen molar-refractivity contribution in [1.82, 2.24) is 0 Å². The van der Waals surface area contributed by atoms with Crippen LogP contribution >= 0.6 is 0 Å². The summed E-state index contributed by atoms with van der Waals surface area (Å²) in [5, 5.41) is 0. The highest BCUT2D eigenvalue weighted by atomic mass is 32.2. The first kappa shape index (κ1) is 18.1. The molecule has 0 amide bonds. The van der Waals surface area contributed by atoms with Gasteiger partial charge in [-0.2, -0.15) is 0 Å². The molecular formula is C15H17NO6S2. The first-order valence-corrected chi connectivity index (χ1v) is 10.1. The molecule has 0 fully saturated rings. The average molecular weight is 371 g/mol. The van der Waals surface area contributed by atoms with Gasteiger partial charge < -0.3 is 9.47 Å². The van der Waals surface area contributed by atoms with Crippen molar-refractivity contribution >= 4 is 25.5 Å². The molecule has 0 unspecified atom stereocenters. The molecule has 9 heteroatoms. The molecule has 2 rings (SSSR count). The molecule has 1 N–H and O–H groups in total. The number of benzene rings is 2. The van der Waals surface area contributed by atoms with Crippen LogP contribution in [0.15, 0.2) is 52.3 Å². The second-order valence-corrected chi connectivity index (χ2v) is 8.59. The minimum Gasteiger partial charge on any atom is -0.497 e. The predicted molar refractivity (Wildman–Crippen MR) is 89.9 cm³/mol. The van der Waals surface area contributed by atoms with E-state index in [0.717, 1.165) is 6.26 Å². The fraction of sp³-hybridized carbons (Fsp3) is 0.200. The van der Waals surface area contributed by atoms with Gasteiger partial charge in [-0.3, -0.25) is 4.72 Å². The van der Waals surface area contributed by atoms with Crippen LogP contribution in [0.4, 0.5) is 5.69 Å². The summed E-state index contributed by atoms with van der Waals surface area (Å²) in [4.78, 5) is 0.0148. The van der Waals surface area contributed by atoms with Gasteiger partial charge in [0, 0.05) is 18.0 Å². The minimum absolute atomic E-state index is 0.0865. The van der Waals surface area contributed by atoms with Crippen LogP contribution in [0.5, 0.6) is 11.5 Å². The monoisotopic (exact) mass is 371 g/mol. The van der Waals surface area contributed by atoms with Gasteiger partial charge in [-0.25, -0.2) is 16.8 Å². The van der Waals surface area contributed by atoms with Crippen molar-refractivity contribution in [2.24, 2.45) is 0 Å². The van der Waals surface area contributed by atoms with Crippen molar-refractivity contribution in [2.75, 3.05) is 25.2 Å². The second kappa shape index (κ2) is 6.70. The summed E-state index contributed by atoms with van der Waals surface area (Å²) in [5.74, 6) is 0.527. The lowest BCUT2D eigenvalue weighted by molar-refractivity contribution is 0.392. The normalized spacial score (nSPS) is 11.8. The molecule has 0 bridgehead atoms. The third-order valence-electron chi connectivity index (χ3n) is 3.19. The average Bonchev–Trinajstić information content (AvgIpc) is 2.53. The van der Waals surface area contributed by atoms with Crippen LogP contribution in [0.3, 0.4) is 0 Å². The smallest absolute Gasteiger partial charge is 0.265 e. The Morgan fingerprint density at radius 1 is 0.875 bits per heavy atom. The van der Waals surface area contributed by atoms with Crippen LogP contribution in [0.25, 0.3) is 0 Å². The van der Waals surface area contributed by atoms with Crippen LogP contribution in [-0.4, -0.2) is 37.3 Å². The highest BCUT2D eigenvalue weighted by Gasteiger charge is 2.21. The van der Waals surface area contributed by atoms with Crippen LogP contribution in [0, 0.1) is 0 Å². The lowest BCUT2D eigenvalue weighted by atomic mass is 10.3. The maximum absolute atomic E-state index is 12.6. The Morgan fingerprint density at radius 2 is 1.50 bits per heavy atom. The molecule has 130 valence electrons. The van der Waals surface area contributed by atoms with Crippen LogP contribution < -0.4 is 14.2 Å². The zero-order valence-electron chi connectivity index (χ0n) is 13.3. The van der Waals surface area contributed by atoms with Gasteiger partial charge in [-0.1, -0.05) is 0 Å². The molecule has 7 nitrogen and oxygen atoms in total. The quantitative estimate of drug-likeness (QED) is 0.833. The molecular weight excluding hydrogens is 354 g/mol. The molecule has 2 aromatic carbocycles. The summed E-state index contributed by atoms with van der Waals surface area (Å²) >= 11 is 0. The molecule has 0 aliphatic heterocycles. The molecule has 0 aromatic heterocycles. The number of rotatable bonds is 6. The molecule has 0 aliphatic rings. The van der Waals surface area contributed by atoms with Crippen molar-refractivity contribution in [2.45, 2.75) is 9.79 Å². The maximum Gasteiger partial charge on any atom is 0.265 e. The molecule has 0 radical (unpaired) electrons. The molecule has 2 aromatic rings. The highest BCUT2D eigenvalue weighted by molar-refractivity contribution is 7.92. The van der Waals surface area contributed by atoms with E-state index in [1.807, 2.05) is 0 Å². The van der Waals surface area contributed by atoms with E-state index in [9.17, 15) is 16.8 Å². The fourth-order valence-electron chi connectivity index (χ4n) is 1.97. The Kier molecular flexibility index (Phi) is 5.05. The number of sulfone groups is 1. The van der Waals surface area contributed by atoms with Crippen LogP contribution in [0.2, 0.25) is 0 Å². The van der Waals surface area contributed by atoms with E-state index in [-0.39, 0.29) is 21.2 Å². The van der Waals surface area contributed by atoms with Gasteiger partial charge in [0.2, 0.25) is 0 Å². The van der Waals surface area contributed by atoms with E-state index in [2.05, 4.69) is 4.72 Å². The van der Waals surface area contributed by atoms with Crippen molar-refractivity contribution in [1.29, 1.82) is 0 Å². The Labute approximate surface area is 141 Å². The maximum atomic E-state index is 12.6. The zero-order valence-corrected chi connectivity index (χ0v) is 14.9. The lowest BCUT2D eigenvalue weighted by Gasteiger charge is -2.13. The van der Waals surface area contributed by atoms with E-state index in [0.29, 0.717) is 5.75 Å². The van der Waals surface area contributed by atoms with Crippen molar-refractivity contribution in [3.8, 4) is 11.5 Å². The molecule has 0 spiro atoms. The van der Waals surface area contributed by atoms with Crippen LogP contribution in [0.1, 0.15) is 0 Å². The molecule has 0 atom stereocenters. The zero-order chi connectivity index (χ0) is 18.0. The van der Waals surface area contributed by atoms with Gasteiger partial charge in [0.15, 0.2) is 9.84 Å². The first-order valence-electron chi connectivity index (χ1n) is 6.72. The number of ether oxygens (including phenoxy) is 2. The van der Waals surface area contributed by atoms with Crippen molar-refractivity contribution in [3.63, 3.8) is 0 Å². The molecule has 24 heavy (non-hydrogen) atoms. The Morgan fingerprint density at radius 3 is 2.00 bits per heavy atom. The molecule has 0 saturated heterocycles. The number of hydrogen-bond donors (Lipinski definition) is 1. The van der Waals surface area contributed by atoms with Gasteiger partial charge >= 0.3 is 0 Å². The fourth-order valence-corrected chi connectivity index (χ4v) is 3.85. The van der Waals surface area contributed by atoms with Crippen molar-refractivity contribution < 1.29 is 26.3 Å². The summed E-state index contributed by atoms with van der Waals surface area (Å²) in [6, 6.07) is 9.82. The molecule has 0 heterocycles. The van der Waals surface area contributed by atoms with Gasteiger partial charge in [-0.05, 0) is 36.4 Å². The van der Waals surface area contributed by atoms with Gasteiger partial charge in [0.05, 0.1) is 19.1 Å². The largest absolute Gasteiger partial charge is 0.497 e. The second-order valence-electron chi connectivity index (χ2n) is 4.92. The van der Waals surface area contributed by atoms with E-state index >= 15 is 0 Å². The minimum atomic E-state index is -3.94. The summed E-state index contributed by atoms with van der Waals surface area (Å²) < 4.78 is 60.5. The van der Waals surface area contributed by atoms with Gasteiger partial charge in [0.25, 0.3) is 10.0 Å². The van der Waals surface area contributed by atoms with Crippen molar-refractivity contribution in [3.05, 3.63) is 42.5 Å². The van der Waals surface area contributed by atoms with Gasteiger partial charge in [-0.15, -0.1) is 0 Å². The third kappa shape index (κ3) is 3.98.